The van der Waals surface area contributed by atoms with Crippen LogP contribution in [0.2, 0.25) is 0 Å². The molecule has 1 aromatic heterocycles. The molecule has 3 aromatic carbocycles. The zero-order chi connectivity index (χ0) is 26.7. The molecule has 0 fully saturated rings. The number of ether oxygens (including phenoxy) is 2. The van der Waals surface area contributed by atoms with Crippen LogP contribution in [0.1, 0.15) is 12.5 Å². The number of halogens is 3. The number of para-hydroxylation sites is 2. The zero-order valence-electron chi connectivity index (χ0n) is 19.4. The number of nitro groups is 1. The first-order chi connectivity index (χ1) is 17.6. The van der Waals surface area contributed by atoms with Crippen molar-refractivity contribution in [2.24, 2.45) is 4.99 Å². The van der Waals surface area contributed by atoms with Crippen molar-refractivity contribution in [3.8, 4) is 28.4 Å². The zero-order valence-corrected chi connectivity index (χ0v) is 19.4. The fourth-order valence-corrected chi connectivity index (χ4v) is 3.64. The summed E-state index contributed by atoms with van der Waals surface area (Å²) in [6.07, 6.45) is -4.93. The molecule has 0 unspecified atom stereocenters. The molecule has 0 bridgehead atoms. The van der Waals surface area contributed by atoms with E-state index in [2.05, 4.69) is 14.8 Å². The number of non-ortho nitro benzene ring substituents is 1. The van der Waals surface area contributed by atoms with E-state index in [4.69, 9.17) is 4.74 Å². The van der Waals surface area contributed by atoms with E-state index < -0.39 is 22.6 Å². The lowest BCUT2D eigenvalue weighted by atomic mass is 10.0. The van der Waals surface area contributed by atoms with Gasteiger partial charge >= 0.3 is 6.36 Å². The molecule has 0 spiro atoms. The quantitative estimate of drug-likeness (QED) is 0.191. The molecule has 0 saturated carbocycles. The summed E-state index contributed by atoms with van der Waals surface area (Å²) >= 11 is 0. The highest BCUT2D eigenvalue weighted by Gasteiger charge is 2.32. The van der Waals surface area contributed by atoms with E-state index in [9.17, 15) is 28.1 Å². The average molecular weight is 512 g/mol. The van der Waals surface area contributed by atoms with Gasteiger partial charge in [0.25, 0.3) is 11.2 Å². The Bertz CT molecular complexity index is 1520. The number of nitrogens with zero attached hydrogens (tertiary/aromatic N) is 3. The van der Waals surface area contributed by atoms with Crippen molar-refractivity contribution in [3.05, 3.63) is 98.8 Å². The molecule has 1 heterocycles. The lowest BCUT2D eigenvalue weighted by Gasteiger charge is -2.11. The minimum absolute atomic E-state index is 0.0883. The number of hydrogen-bond acceptors (Lipinski definition) is 6. The summed E-state index contributed by atoms with van der Waals surface area (Å²) in [5, 5.41) is 14.0. The Labute approximate surface area is 207 Å². The van der Waals surface area contributed by atoms with E-state index in [0.29, 0.717) is 22.7 Å². The number of aliphatic imine (C=N–C) groups is 1. The summed E-state index contributed by atoms with van der Waals surface area (Å²) in [6.45, 7) is 1.49. The molecule has 9 nitrogen and oxygen atoms in total. The van der Waals surface area contributed by atoms with Crippen LogP contribution >= 0.6 is 0 Å². The minimum atomic E-state index is -4.93. The SMILES string of the molecule is COc1ccc(-c2[nH]n(-c3ccc([N+](=O)[O-])cc3)c(=O)c2C(C)=Nc2ccccc2OC(F)(F)F)cc1. The Morgan fingerprint density at radius 1 is 1.03 bits per heavy atom. The van der Waals surface area contributed by atoms with Crippen LogP contribution < -0.4 is 15.0 Å². The van der Waals surface area contributed by atoms with Crippen molar-refractivity contribution < 1.29 is 27.6 Å². The van der Waals surface area contributed by atoms with E-state index in [1.807, 2.05) is 0 Å². The molecule has 0 radical (unpaired) electrons. The van der Waals surface area contributed by atoms with Crippen molar-refractivity contribution in [1.82, 2.24) is 9.78 Å². The molecular weight excluding hydrogens is 493 g/mol. The standard InChI is InChI=1S/C25H19F3N4O5/c1-15(29-20-5-3-4-6-21(20)37-25(26,27)28)22-23(16-7-13-19(36-2)14-8-16)30-31(24(22)33)17-9-11-18(12-10-17)32(34)35/h3-14,30H,1-2H3. The molecule has 190 valence electrons. The van der Waals surface area contributed by atoms with E-state index >= 15 is 0 Å². The van der Waals surface area contributed by atoms with Crippen LogP contribution in [0, 0.1) is 10.1 Å². The highest BCUT2D eigenvalue weighted by atomic mass is 19.4. The number of benzene rings is 3. The molecule has 4 rings (SSSR count). The van der Waals surface area contributed by atoms with Crippen LogP contribution in [-0.2, 0) is 0 Å². The molecule has 0 aliphatic rings. The summed E-state index contributed by atoms with van der Waals surface area (Å²) in [4.78, 5) is 28.3. The third kappa shape index (κ3) is 5.53. The largest absolute Gasteiger partial charge is 0.573 e. The fraction of sp³-hybridized carbons (Fsp3) is 0.120. The third-order valence-corrected chi connectivity index (χ3v) is 5.33. The van der Waals surface area contributed by atoms with Crippen molar-refractivity contribution in [1.29, 1.82) is 0 Å². The number of methoxy groups -OCH3 is 1. The maximum atomic E-state index is 13.5. The number of nitrogens with one attached hydrogen (secondary N) is 1. The average Bonchev–Trinajstić information content (AvgIpc) is 3.21. The number of hydrogen-bond donors (Lipinski definition) is 1. The van der Waals surface area contributed by atoms with E-state index in [0.717, 1.165) is 6.07 Å². The Hall–Kier alpha value is -4.87. The van der Waals surface area contributed by atoms with Gasteiger partial charge in [0.05, 0.1) is 34.7 Å². The second kappa shape index (κ2) is 10.0. The smallest absolute Gasteiger partial charge is 0.497 e. The Morgan fingerprint density at radius 2 is 1.68 bits per heavy atom. The first-order valence-electron chi connectivity index (χ1n) is 10.7. The fourth-order valence-electron chi connectivity index (χ4n) is 3.64. The van der Waals surface area contributed by atoms with Gasteiger partial charge in [-0.05, 0) is 55.5 Å². The predicted octanol–water partition coefficient (Wildman–Crippen LogP) is 5.79. The highest BCUT2D eigenvalue weighted by Crippen LogP contribution is 2.33. The molecule has 4 aromatic rings. The van der Waals surface area contributed by atoms with Gasteiger partial charge in [0.1, 0.15) is 11.4 Å². The van der Waals surface area contributed by atoms with Crippen molar-refractivity contribution in [3.63, 3.8) is 0 Å². The van der Waals surface area contributed by atoms with Gasteiger partial charge in [-0.2, -0.15) is 0 Å². The van der Waals surface area contributed by atoms with Crippen molar-refractivity contribution >= 4 is 17.1 Å². The Kier molecular flexibility index (Phi) is 6.83. The first-order valence-corrected chi connectivity index (χ1v) is 10.7. The maximum absolute atomic E-state index is 13.5. The number of rotatable bonds is 7. The lowest BCUT2D eigenvalue weighted by Crippen LogP contribution is -2.19. The van der Waals surface area contributed by atoms with Crippen LogP contribution in [0.3, 0.4) is 0 Å². The van der Waals surface area contributed by atoms with Crippen LogP contribution in [0.4, 0.5) is 24.5 Å². The van der Waals surface area contributed by atoms with Crippen LogP contribution in [-0.4, -0.2) is 33.9 Å². The highest BCUT2D eigenvalue weighted by molar-refractivity contribution is 6.05. The topological polar surface area (TPSA) is 112 Å². The lowest BCUT2D eigenvalue weighted by molar-refractivity contribution is -0.384. The normalized spacial score (nSPS) is 11.9. The maximum Gasteiger partial charge on any atom is 0.573 e. The monoisotopic (exact) mass is 512 g/mol. The summed E-state index contributed by atoms with van der Waals surface area (Å²) < 4.78 is 49.1. The van der Waals surface area contributed by atoms with Gasteiger partial charge in [0.15, 0.2) is 5.75 Å². The van der Waals surface area contributed by atoms with E-state index in [1.54, 1.807) is 24.3 Å². The number of H-pyrrole nitrogens is 1. The third-order valence-electron chi connectivity index (χ3n) is 5.33. The number of alkyl halides is 3. The summed E-state index contributed by atoms with van der Waals surface area (Å²) in [6, 6.07) is 17.4. The molecule has 12 heteroatoms. The second-order valence-electron chi connectivity index (χ2n) is 7.72. The molecule has 37 heavy (non-hydrogen) atoms. The summed E-state index contributed by atoms with van der Waals surface area (Å²) in [7, 11) is 1.50. The number of aromatic amines is 1. The van der Waals surface area contributed by atoms with Gasteiger partial charge in [-0.15, -0.1) is 13.2 Å². The molecule has 0 aliphatic carbocycles. The van der Waals surface area contributed by atoms with Crippen LogP contribution in [0.5, 0.6) is 11.5 Å². The van der Waals surface area contributed by atoms with Crippen molar-refractivity contribution in [2.75, 3.05) is 7.11 Å². The van der Waals surface area contributed by atoms with Gasteiger partial charge in [-0.25, -0.2) is 9.67 Å². The van der Waals surface area contributed by atoms with Gasteiger partial charge in [-0.1, -0.05) is 12.1 Å². The minimum Gasteiger partial charge on any atom is -0.497 e. The molecule has 0 saturated heterocycles. The second-order valence-corrected chi connectivity index (χ2v) is 7.72. The predicted molar refractivity (Wildman–Crippen MR) is 130 cm³/mol. The number of aromatic nitrogens is 2. The van der Waals surface area contributed by atoms with Gasteiger partial charge in [-0.3, -0.25) is 20.0 Å². The Morgan fingerprint density at radius 3 is 2.27 bits per heavy atom. The molecular formula is C25H19F3N4O5. The van der Waals surface area contributed by atoms with Crippen molar-refractivity contribution in [2.45, 2.75) is 13.3 Å². The van der Waals surface area contributed by atoms with E-state index in [1.165, 1.54) is 61.2 Å². The molecule has 0 atom stereocenters. The molecule has 0 aliphatic heterocycles. The van der Waals surface area contributed by atoms with Crippen LogP contribution in [0.15, 0.2) is 82.6 Å². The van der Waals surface area contributed by atoms with Crippen LogP contribution in [0.25, 0.3) is 16.9 Å². The Balaban J connectivity index is 1.88. The van der Waals surface area contributed by atoms with E-state index in [-0.39, 0.29) is 22.6 Å². The first kappa shape index (κ1) is 25.2. The molecule has 1 N–H and O–H groups in total. The molecule has 0 amide bonds. The summed E-state index contributed by atoms with van der Waals surface area (Å²) in [5.41, 5.74) is 0.583. The van der Waals surface area contributed by atoms with Gasteiger partial charge in [0.2, 0.25) is 0 Å². The van der Waals surface area contributed by atoms with Gasteiger partial charge < -0.3 is 9.47 Å². The summed E-state index contributed by atoms with van der Waals surface area (Å²) in [5.74, 6) is 0.0534. The number of nitro benzene ring substituents is 1. The van der Waals surface area contributed by atoms with Gasteiger partial charge in [0, 0.05) is 17.7 Å².